The normalized spacial score (nSPS) is 11.7. The minimum absolute atomic E-state index is 0.0182. The second-order valence-electron chi connectivity index (χ2n) is 4.92. The highest BCUT2D eigenvalue weighted by Gasteiger charge is 2.16. The van der Waals surface area contributed by atoms with Crippen LogP contribution in [0.5, 0.6) is 11.5 Å². The lowest BCUT2D eigenvalue weighted by atomic mass is 10.2. The fourth-order valence-corrected chi connectivity index (χ4v) is 3.07. The molecule has 0 aliphatic carbocycles. The molecule has 3 aromatic rings. The minimum atomic E-state index is -1.14. The molecule has 2 aromatic carbocycles. The first kappa shape index (κ1) is 17.2. The number of para-hydroxylation sites is 2. The molecule has 1 aromatic heterocycles. The quantitative estimate of drug-likeness (QED) is 0.502. The number of carboxylic acid groups (broad SMARTS) is 1. The van der Waals surface area contributed by atoms with Crippen molar-refractivity contribution in [2.75, 3.05) is 7.11 Å². The zero-order chi connectivity index (χ0) is 18.0. The van der Waals surface area contributed by atoms with Crippen LogP contribution in [0.4, 0.5) is 0 Å². The molecule has 0 spiro atoms. The second kappa shape index (κ2) is 7.08. The highest BCUT2D eigenvalue weighted by molar-refractivity contribution is 8.03. The van der Waals surface area contributed by atoms with Crippen molar-refractivity contribution in [3.05, 3.63) is 51.9 Å². The van der Waals surface area contributed by atoms with Crippen LogP contribution in [-0.4, -0.2) is 28.3 Å². The molecule has 128 valence electrons. The predicted molar refractivity (Wildman–Crippen MR) is 95.1 cm³/mol. The van der Waals surface area contributed by atoms with Crippen LogP contribution in [0.3, 0.4) is 0 Å². The molecule has 0 fully saturated rings. The van der Waals surface area contributed by atoms with Gasteiger partial charge in [-0.2, -0.15) is 0 Å². The van der Waals surface area contributed by atoms with Crippen LogP contribution in [0.1, 0.15) is 5.56 Å². The van der Waals surface area contributed by atoms with Crippen molar-refractivity contribution in [3.63, 3.8) is 0 Å². The van der Waals surface area contributed by atoms with E-state index in [4.69, 9.17) is 20.8 Å². The van der Waals surface area contributed by atoms with Crippen LogP contribution >= 0.6 is 23.4 Å². The third-order valence-electron chi connectivity index (χ3n) is 3.25. The number of phenols is 1. The number of aromatic hydroxyl groups is 1. The van der Waals surface area contributed by atoms with Crippen molar-refractivity contribution in [2.24, 2.45) is 0 Å². The Balaban J connectivity index is 1.97. The second-order valence-corrected chi connectivity index (χ2v) is 6.32. The summed E-state index contributed by atoms with van der Waals surface area (Å²) in [7, 11) is 1.38. The Morgan fingerprint density at radius 1 is 1.36 bits per heavy atom. The summed E-state index contributed by atoms with van der Waals surface area (Å²) in [6.07, 6.45) is 1.40. The van der Waals surface area contributed by atoms with Gasteiger partial charge in [-0.25, -0.2) is 9.78 Å². The average Bonchev–Trinajstić information content (AvgIpc) is 2.99. The molecule has 1 heterocycles. The molecule has 2 N–H and O–H groups in total. The number of aliphatic carboxylic acids is 1. The highest BCUT2D eigenvalue weighted by Crippen LogP contribution is 2.37. The molecule has 0 aliphatic rings. The van der Waals surface area contributed by atoms with E-state index in [1.807, 2.05) is 6.07 Å². The third kappa shape index (κ3) is 3.72. The lowest BCUT2D eigenvalue weighted by molar-refractivity contribution is -0.131. The summed E-state index contributed by atoms with van der Waals surface area (Å²) in [5.74, 6) is -1.20. The molecule has 0 saturated heterocycles. The van der Waals surface area contributed by atoms with Gasteiger partial charge in [-0.15, -0.1) is 0 Å². The molecular weight excluding hydrogens is 366 g/mol. The van der Waals surface area contributed by atoms with Crippen molar-refractivity contribution < 1.29 is 24.2 Å². The topological polar surface area (TPSA) is 92.8 Å². The summed E-state index contributed by atoms with van der Waals surface area (Å²) in [5.41, 5.74) is 1.67. The van der Waals surface area contributed by atoms with Crippen LogP contribution in [0.2, 0.25) is 5.02 Å². The standard InChI is InChI=1S/C17H12ClNO5S/c1-23-13-7-9(6-10(18)15(13)20)8-14(16(21)22)25-17-19-11-4-2-3-5-12(11)24-17/h2-8,20H,1H3,(H,21,22)/b14-8+. The van der Waals surface area contributed by atoms with Crippen LogP contribution in [0.15, 0.2) is 50.9 Å². The number of carboxylic acids is 1. The number of ether oxygens (including phenoxy) is 1. The summed E-state index contributed by atoms with van der Waals surface area (Å²) in [4.78, 5) is 15.8. The van der Waals surface area contributed by atoms with Gasteiger partial charge in [0.15, 0.2) is 17.1 Å². The van der Waals surface area contributed by atoms with E-state index in [0.717, 1.165) is 11.8 Å². The number of hydrogen-bond donors (Lipinski definition) is 2. The maximum Gasteiger partial charge on any atom is 0.342 e. The van der Waals surface area contributed by atoms with Crippen molar-refractivity contribution in [2.45, 2.75) is 5.22 Å². The number of carbonyl (C=O) groups is 1. The third-order valence-corrected chi connectivity index (χ3v) is 4.40. The van der Waals surface area contributed by atoms with Gasteiger partial charge in [0.05, 0.1) is 12.1 Å². The molecular formula is C17H12ClNO5S. The Morgan fingerprint density at radius 3 is 2.80 bits per heavy atom. The lowest BCUT2D eigenvalue weighted by Gasteiger charge is -2.07. The minimum Gasteiger partial charge on any atom is -0.503 e. The number of fused-ring (bicyclic) bond motifs is 1. The van der Waals surface area contributed by atoms with Crippen LogP contribution in [0, 0.1) is 0 Å². The zero-order valence-electron chi connectivity index (χ0n) is 12.9. The first-order chi connectivity index (χ1) is 12.0. The fourth-order valence-electron chi connectivity index (χ4n) is 2.11. The molecule has 0 radical (unpaired) electrons. The van der Waals surface area contributed by atoms with Gasteiger partial charge < -0.3 is 19.4 Å². The summed E-state index contributed by atoms with van der Waals surface area (Å²) in [5, 5.41) is 19.5. The fraction of sp³-hybridized carbons (Fsp3) is 0.0588. The number of benzene rings is 2. The van der Waals surface area contributed by atoms with Gasteiger partial charge in [-0.1, -0.05) is 23.7 Å². The van der Waals surface area contributed by atoms with E-state index in [1.165, 1.54) is 25.3 Å². The Hall–Kier alpha value is -2.64. The molecule has 3 rings (SSSR count). The number of aromatic nitrogens is 1. The zero-order valence-corrected chi connectivity index (χ0v) is 14.5. The number of thioether (sulfide) groups is 1. The Labute approximate surface area is 151 Å². The maximum absolute atomic E-state index is 11.6. The van der Waals surface area contributed by atoms with Gasteiger partial charge in [0.1, 0.15) is 10.4 Å². The summed E-state index contributed by atoms with van der Waals surface area (Å²) >= 11 is 6.81. The molecule has 0 aliphatic heterocycles. The van der Waals surface area contributed by atoms with Gasteiger partial charge in [0, 0.05) is 0 Å². The number of nitrogens with zero attached hydrogens (tertiary/aromatic N) is 1. The molecule has 0 saturated carbocycles. The van der Waals surface area contributed by atoms with Gasteiger partial charge in [0.2, 0.25) is 0 Å². The van der Waals surface area contributed by atoms with E-state index in [-0.39, 0.29) is 26.6 Å². The molecule has 25 heavy (non-hydrogen) atoms. The Morgan fingerprint density at radius 2 is 2.12 bits per heavy atom. The first-order valence-electron chi connectivity index (χ1n) is 7.03. The molecule has 8 heteroatoms. The van der Waals surface area contributed by atoms with Gasteiger partial charge in [-0.3, -0.25) is 0 Å². The number of hydrogen-bond acceptors (Lipinski definition) is 6. The molecule has 0 unspecified atom stereocenters. The number of oxazole rings is 1. The first-order valence-corrected chi connectivity index (χ1v) is 8.22. The largest absolute Gasteiger partial charge is 0.503 e. The van der Waals surface area contributed by atoms with E-state index in [0.29, 0.717) is 16.7 Å². The highest BCUT2D eigenvalue weighted by atomic mass is 35.5. The van der Waals surface area contributed by atoms with Crippen molar-refractivity contribution in [1.82, 2.24) is 4.98 Å². The summed E-state index contributed by atoms with van der Waals surface area (Å²) in [6, 6.07) is 10.1. The van der Waals surface area contributed by atoms with E-state index < -0.39 is 5.97 Å². The van der Waals surface area contributed by atoms with Gasteiger partial charge in [0.25, 0.3) is 5.22 Å². The molecule has 6 nitrogen and oxygen atoms in total. The van der Waals surface area contributed by atoms with E-state index in [2.05, 4.69) is 4.98 Å². The predicted octanol–water partition coefficient (Wildman–Crippen LogP) is 4.41. The number of methoxy groups -OCH3 is 1. The van der Waals surface area contributed by atoms with Gasteiger partial charge >= 0.3 is 5.97 Å². The maximum atomic E-state index is 11.6. The summed E-state index contributed by atoms with van der Waals surface area (Å²) < 4.78 is 10.5. The van der Waals surface area contributed by atoms with Gasteiger partial charge in [-0.05, 0) is 47.7 Å². The average molecular weight is 378 g/mol. The van der Waals surface area contributed by atoms with E-state index in [1.54, 1.807) is 18.2 Å². The number of halogens is 1. The van der Waals surface area contributed by atoms with Crippen LogP contribution in [-0.2, 0) is 4.79 Å². The Kier molecular flexibility index (Phi) is 4.87. The SMILES string of the molecule is COc1cc(/C=C(/Sc2nc3ccccc3o2)C(=O)O)cc(Cl)c1O. The van der Waals surface area contributed by atoms with Crippen molar-refractivity contribution in [1.29, 1.82) is 0 Å². The van der Waals surface area contributed by atoms with E-state index >= 15 is 0 Å². The monoisotopic (exact) mass is 377 g/mol. The van der Waals surface area contributed by atoms with Crippen LogP contribution < -0.4 is 4.74 Å². The van der Waals surface area contributed by atoms with Crippen molar-refractivity contribution in [3.8, 4) is 11.5 Å². The van der Waals surface area contributed by atoms with Crippen molar-refractivity contribution >= 4 is 46.5 Å². The van der Waals surface area contributed by atoms with E-state index in [9.17, 15) is 15.0 Å². The number of phenolic OH excluding ortho intramolecular Hbond substituents is 1. The smallest absolute Gasteiger partial charge is 0.342 e. The molecule has 0 bridgehead atoms. The lowest BCUT2D eigenvalue weighted by Crippen LogP contribution is -1.97. The molecule has 0 atom stereocenters. The molecule has 0 amide bonds. The van der Waals surface area contributed by atoms with Crippen LogP contribution in [0.25, 0.3) is 17.2 Å². The Bertz CT molecular complexity index is 949. The summed E-state index contributed by atoms with van der Waals surface area (Å²) in [6.45, 7) is 0. The number of rotatable bonds is 5.